The van der Waals surface area contributed by atoms with E-state index in [4.69, 9.17) is 5.11 Å². The number of hydrogen-bond donors (Lipinski definition) is 1. The average molecular weight is 254 g/mol. The second-order valence-corrected chi connectivity index (χ2v) is 6.36. The molecule has 0 bridgehead atoms. The minimum Gasteiger partial charge on any atom is -0.391 e. The van der Waals surface area contributed by atoms with E-state index in [1.807, 2.05) is 6.20 Å². The molecule has 17 heavy (non-hydrogen) atoms. The first-order chi connectivity index (χ1) is 8.19. The van der Waals surface area contributed by atoms with Crippen LogP contribution in [0.15, 0.2) is 6.20 Å². The molecule has 2 heterocycles. The summed E-state index contributed by atoms with van der Waals surface area (Å²) in [5.74, 6) is 0.780. The first-order valence-corrected chi connectivity index (χ1v) is 7.29. The number of aliphatic hydroxyl groups excluding tert-OH is 1. The Morgan fingerprint density at radius 3 is 2.71 bits per heavy atom. The van der Waals surface area contributed by atoms with Crippen LogP contribution in [-0.4, -0.2) is 34.1 Å². The van der Waals surface area contributed by atoms with Gasteiger partial charge in [-0.1, -0.05) is 0 Å². The monoisotopic (exact) mass is 254 g/mol. The van der Waals surface area contributed by atoms with E-state index >= 15 is 0 Å². The van der Waals surface area contributed by atoms with Gasteiger partial charge in [0.25, 0.3) is 0 Å². The fourth-order valence-corrected chi connectivity index (χ4v) is 3.33. The quantitative estimate of drug-likeness (QED) is 0.895. The highest BCUT2D eigenvalue weighted by molar-refractivity contribution is 7.11. The van der Waals surface area contributed by atoms with Gasteiger partial charge in [-0.3, -0.25) is 0 Å². The van der Waals surface area contributed by atoms with E-state index in [1.165, 1.54) is 30.9 Å². The minimum absolute atomic E-state index is 0.128. The molecule has 0 amide bonds. The van der Waals surface area contributed by atoms with E-state index in [2.05, 4.69) is 23.7 Å². The first kappa shape index (κ1) is 13.0. The van der Waals surface area contributed by atoms with Crippen LogP contribution in [0.4, 0.5) is 0 Å². The molecule has 0 spiro atoms. The van der Waals surface area contributed by atoms with Crippen LogP contribution in [-0.2, 0) is 13.0 Å². The van der Waals surface area contributed by atoms with E-state index in [0.717, 1.165) is 17.2 Å². The van der Waals surface area contributed by atoms with E-state index < -0.39 is 0 Å². The summed E-state index contributed by atoms with van der Waals surface area (Å²) < 4.78 is 0. The third-order valence-corrected chi connectivity index (χ3v) is 4.60. The highest BCUT2D eigenvalue weighted by atomic mass is 32.1. The lowest BCUT2D eigenvalue weighted by molar-refractivity contribution is 0.149. The van der Waals surface area contributed by atoms with Crippen LogP contribution in [0.5, 0.6) is 0 Å². The normalized spacial score (nSPS) is 19.1. The van der Waals surface area contributed by atoms with Crippen LogP contribution in [0.2, 0.25) is 0 Å². The van der Waals surface area contributed by atoms with Gasteiger partial charge >= 0.3 is 0 Å². The summed E-state index contributed by atoms with van der Waals surface area (Å²) in [6.07, 6.45) is 5.47. The summed E-state index contributed by atoms with van der Waals surface area (Å²) in [5, 5.41) is 10.2. The predicted octanol–water partition coefficient (Wildman–Crippen LogP) is 2.30. The molecule has 1 N–H and O–H groups in total. The fourth-order valence-electron chi connectivity index (χ4n) is 2.44. The molecular formula is C13H22N2OS. The van der Waals surface area contributed by atoms with Gasteiger partial charge in [-0.15, -0.1) is 11.3 Å². The number of thiazole rings is 1. The zero-order valence-corrected chi connectivity index (χ0v) is 11.5. The summed E-state index contributed by atoms with van der Waals surface area (Å²) >= 11 is 1.66. The second kappa shape index (κ2) is 5.94. The van der Waals surface area contributed by atoms with Crippen molar-refractivity contribution in [2.45, 2.75) is 45.8 Å². The molecule has 0 radical (unpaired) electrons. The molecule has 1 saturated heterocycles. The van der Waals surface area contributed by atoms with Crippen LogP contribution < -0.4 is 0 Å². The Hall–Kier alpha value is -0.450. The highest BCUT2D eigenvalue weighted by Crippen LogP contribution is 2.24. The molecule has 1 aromatic rings. The van der Waals surface area contributed by atoms with Crippen molar-refractivity contribution in [3.05, 3.63) is 16.1 Å². The van der Waals surface area contributed by atoms with Crippen LogP contribution in [0.25, 0.3) is 0 Å². The maximum Gasteiger partial charge on any atom is 0.0931 e. The molecule has 0 aliphatic carbocycles. The van der Waals surface area contributed by atoms with Crippen molar-refractivity contribution in [1.29, 1.82) is 0 Å². The summed E-state index contributed by atoms with van der Waals surface area (Å²) in [6.45, 7) is 7.12. The molecule has 1 fully saturated rings. The number of aromatic nitrogens is 1. The Labute approximate surface area is 107 Å². The van der Waals surface area contributed by atoms with Crippen molar-refractivity contribution in [3.63, 3.8) is 0 Å². The van der Waals surface area contributed by atoms with E-state index in [0.29, 0.717) is 6.04 Å². The van der Waals surface area contributed by atoms with Crippen molar-refractivity contribution >= 4 is 11.3 Å². The number of aliphatic hydroxyl groups is 1. The lowest BCUT2D eigenvalue weighted by Crippen LogP contribution is -2.38. The average Bonchev–Trinajstić information content (AvgIpc) is 2.77. The molecule has 1 aliphatic heterocycles. The molecular weight excluding hydrogens is 232 g/mol. The van der Waals surface area contributed by atoms with E-state index in [9.17, 15) is 0 Å². The van der Waals surface area contributed by atoms with Gasteiger partial charge in [0.2, 0.25) is 0 Å². The SMILES string of the molecule is CC(C)N1CCC(Cc2ncc(CO)s2)CC1. The van der Waals surface area contributed by atoms with E-state index in [-0.39, 0.29) is 6.61 Å². The number of hydrogen-bond acceptors (Lipinski definition) is 4. The number of nitrogens with zero attached hydrogens (tertiary/aromatic N) is 2. The van der Waals surface area contributed by atoms with Gasteiger partial charge < -0.3 is 10.0 Å². The van der Waals surface area contributed by atoms with Gasteiger partial charge in [0.05, 0.1) is 16.5 Å². The Morgan fingerprint density at radius 1 is 1.47 bits per heavy atom. The fraction of sp³-hybridized carbons (Fsp3) is 0.769. The second-order valence-electron chi connectivity index (χ2n) is 5.16. The van der Waals surface area contributed by atoms with Gasteiger partial charge in [-0.25, -0.2) is 4.98 Å². The van der Waals surface area contributed by atoms with Crippen molar-refractivity contribution in [1.82, 2.24) is 9.88 Å². The van der Waals surface area contributed by atoms with Gasteiger partial charge in [-0.05, 0) is 45.7 Å². The standard InChI is InChI=1S/C13H22N2OS/c1-10(2)15-5-3-11(4-6-15)7-13-14-8-12(9-16)17-13/h8,10-11,16H,3-7,9H2,1-2H3. The van der Waals surface area contributed by atoms with Gasteiger partial charge in [-0.2, -0.15) is 0 Å². The molecule has 1 aromatic heterocycles. The number of likely N-dealkylation sites (tertiary alicyclic amines) is 1. The van der Waals surface area contributed by atoms with E-state index in [1.54, 1.807) is 11.3 Å². The smallest absolute Gasteiger partial charge is 0.0931 e. The minimum atomic E-state index is 0.128. The summed E-state index contributed by atoms with van der Waals surface area (Å²) in [4.78, 5) is 7.92. The van der Waals surface area contributed by atoms with Gasteiger partial charge in [0.1, 0.15) is 0 Å². The molecule has 4 heteroatoms. The first-order valence-electron chi connectivity index (χ1n) is 6.47. The Bertz CT molecular complexity index is 343. The molecule has 0 unspecified atom stereocenters. The Kier molecular flexibility index (Phi) is 4.54. The maximum absolute atomic E-state index is 9.02. The molecule has 3 nitrogen and oxygen atoms in total. The molecule has 2 rings (SSSR count). The Morgan fingerprint density at radius 2 is 2.18 bits per heavy atom. The third kappa shape index (κ3) is 3.50. The number of piperidine rings is 1. The van der Waals surface area contributed by atoms with Crippen molar-refractivity contribution in [2.24, 2.45) is 5.92 Å². The molecule has 96 valence electrons. The van der Waals surface area contributed by atoms with Gasteiger partial charge in [0, 0.05) is 18.7 Å². The zero-order chi connectivity index (χ0) is 12.3. The molecule has 0 saturated carbocycles. The third-order valence-electron chi connectivity index (χ3n) is 3.60. The van der Waals surface area contributed by atoms with Crippen molar-refractivity contribution in [2.75, 3.05) is 13.1 Å². The van der Waals surface area contributed by atoms with Crippen LogP contribution in [0.3, 0.4) is 0 Å². The largest absolute Gasteiger partial charge is 0.391 e. The molecule has 0 aromatic carbocycles. The summed E-state index contributed by atoms with van der Waals surface area (Å²) in [7, 11) is 0. The topological polar surface area (TPSA) is 36.4 Å². The lowest BCUT2D eigenvalue weighted by atomic mass is 9.93. The van der Waals surface area contributed by atoms with Crippen molar-refractivity contribution in [3.8, 4) is 0 Å². The maximum atomic E-state index is 9.02. The molecule has 0 atom stereocenters. The van der Waals surface area contributed by atoms with Crippen LogP contribution >= 0.6 is 11.3 Å². The van der Waals surface area contributed by atoms with Crippen LogP contribution in [0, 0.1) is 5.92 Å². The summed E-state index contributed by atoms with van der Waals surface area (Å²) in [6, 6.07) is 0.678. The zero-order valence-electron chi connectivity index (χ0n) is 10.7. The summed E-state index contributed by atoms with van der Waals surface area (Å²) in [5.41, 5.74) is 0. The van der Waals surface area contributed by atoms with Gasteiger partial charge in [0.15, 0.2) is 0 Å². The Balaban J connectivity index is 1.81. The van der Waals surface area contributed by atoms with Crippen LogP contribution in [0.1, 0.15) is 36.6 Å². The molecule has 1 aliphatic rings. The lowest BCUT2D eigenvalue weighted by Gasteiger charge is -2.34. The number of rotatable bonds is 4. The predicted molar refractivity (Wildman–Crippen MR) is 71.2 cm³/mol. The van der Waals surface area contributed by atoms with Crippen molar-refractivity contribution < 1.29 is 5.11 Å². The highest BCUT2D eigenvalue weighted by Gasteiger charge is 2.21.